The van der Waals surface area contributed by atoms with Crippen molar-refractivity contribution >= 4 is 28.3 Å². The third-order valence-corrected chi connectivity index (χ3v) is 7.00. The molecule has 1 aliphatic heterocycles. The van der Waals surface area contributed by atoms with Gasteiger partial charge in [0, 0.05) is 30.1 Å². The molecule has 9 heteroatoms. The predicted octanol–water partition coefficient (Wildman–Crippen LogP) is 5.62. The van der Waals surface area contributed by atoms with E-state index in [2.05, 4.69) is 15.3 Å². The van der Waals surface area contributed by atoms with Crippen molar-refractivity contribution in [3.05, 3.63) is 58.7 Å². The summed E-state index contributed by atoms with van der Waals surface area (Å²) in [5, 5.41) is 13.8. The second-order valence-electron chi connectivity index (χ2n) is 10.4. The molecule has 0 unspecified atom stereocenters. The number of aromatic nitrogens is 2. The van der Waals surface area contributed by atoms with Gasteiger partial charge >= 0.3 is 5.92 Å². The van der Waals surface area contributed by atoms with Crippen LogP contribution in [0, 0.1) is 5.82 Å². The van der Waals surface area contributed by atoms with Crippen molar-refractivity contribution in [2.45, 2.75) is 70.9 Å². The largest absolute Gasteiger partial charge is 0.384 e. The number of likely N-dealkylation sites (N-methyl/N-ethyl adjacent to an activating group) is 1. The minimum Gasteiger partial charge on any atom is -0.384 e. The summed E-state index contributed by atoms with van der Waals surface area (Å²) in [6.07, 6.45) is 0.540. The van der Waals surface area contributed by atoms with E-state index in [-0.39, 0.29) is 11.5 Å². The maximum Gasteiger partial charge on any atom is 0.303 e. The normalized spacial score (nSPS) is 16.4. The Bertz CT molecular complexity index is 1370. The van der Waals surface area contributed by atoms with E-state index in [1.54, 1.807) is 18.9 Å². The number of nitrogens with one attached hydrogen (secondary N) is 1. The summed E-state index contributed by atoms with van der Waals surface area (Å²) in [6.45, 7) is 9.15. The van der Waals surface area contributed by atoms with Crippen molar-refractivity contribution in [1.82, 2.24) is 9.97 Å². The van der Waals surface area contributed by atoms with Gasteiger partial charge in [-0.3, -0.25) is 4.79 Å². The van der Waals surface area contributed by atoms with E-state index in [1.165, 1.54) is 12.1 Å². The molecule has 36 heavy (non-hydrogen) atoms. The SMILES string of the molecule is CCc1nc(N[C@H](C)c2cccc(C(F)(F)C(C)(C)O)c2F)c2cc3c(cc2n1)N(C)C(=O)C3(C)C. The lowest BCUT2D eigenvalue weighted by Gasteiger charge is -2.30. The van der Waals surface area contributed by atoms with E-state index in [0.717, 1.165) is 31.2 Å². The molecule has 4 rings (SSSR count). The van der Waals surface area contributed by atoms with Crippen molar-refractivity contribution in [2.75, 3.05) is 17.3 Å². The monoisotopic (exact) mass is 500 g/mol. The fourth-order valence-corrected chi connectivity index (χ4v) is 4.64. The van der Waals surface area contributed by atoms with E-state index >= 15 is 4.39 Å². The van der Waals surface area contributed by atoms with E-state index in [9.17, 15) is 18.7 Å². The summed E-state index contributed by atoms with van der Waals surface area (Å²) in [4.78, 5) is 23.6. The summed E-state index contributed by atoms with van der Waals surface area (Å²) in [5.41, 5.74) is -1.83. The number of carbonyl (C=O) groups excluding carboxylic acids is 1. The molecule has 2 aromatic carbocycles. The van der Waals surface area contributed by atoms with Crippen LogP contribution >= 0.6 is 0 Å². The number of fused-ring (bicyclic) bond motifs is 2. The van der Waals surface area contributed by atoms with Gasteiger partial charge in [0.25, 0.3) is 0 Å². The lowest BCUT2D eigenvalue weighted by Crippen LogP contribution is -2.41. The number of alkyl halides is 2. The van der Waals surface area contributed by atoms with Gasteiger partial charge in [0.05, 0.1) is 22.5 Å². The van der Waals surface area contributed by atoms with Crippen molar-refractivity contribution in [3.8, 4) is 0 Å². The molecule has 0 spiro atoms. The molecule has 1 aliphatic rings. The van der Waals surface area contributed by atoms with Crippen LogP contribution in [0.2, 0.25) is 0 Å². The van der Waals surface area contributed by atoms with Crippen LogP contribution in [0.5, 0.6) is 0 Å². The van der Waals surface area contributed by atoms with Crippen LogP contribution in [0.15, 0.2) is 30.3 Å². The Balaban J connectivity index is 1.82. The second-order valence-corrected chi connectivity index (χ2v) is 10.4. The summed E-state index contributed by atoms with van der Waals surface area (Å²) in [5.74, 6) is -3.96. The summed E-state index contributed by atoms with van der Waals surface area (Å²) in [6, 6.07) is 6.73. The van der Waals surface area contributed by atoms with Gasteiger partial charge in [-0.1, -0.05) is 19.1 Å². The molecule has 0 saturated heterocycles. The van der Waals surface area contributed by atoms with E-state index < -0.39 is 34.4 Å². The van der Waals surface area contributed by atoms with E-state index in [1.807, 2.05) is 32.9 Å². The highest BCUT2D eigenvalue weighted by Gasteiger charge is 2.49. The zero-order valence-corrected chi connectivity index (χ0v) is 21.5. The topological polar surface area (TPSA) is 78.4 Å². The Labute approximate surface area is 208 Å². The molecule has 3 aromatic rings. The van der Waals surface area contributed by atoms with Gasteiger partial charge in [-0.25, -0.2) is 14.4 Å². The fraction of sp³-hybridized carbons (Fsp3) is 0.444. The van der Waals surface area contributed by atoms with Crippen molar-refractivity contribution in [3.63, 3.8) is 0 Å². The molecule has 0 bridgehead atoms. The first-order chi connectivity index (χ1) is 16.6. The number of anilines is 2. The number of carbonyl (C=O) groups is 1. The molecule has 2 heterocycles. The van der Waals surface area contributed by atoms with Crippen molar-refractivity contribution < 1.29 is 23.1 Å². The van der Waals surface area contributed by atoms with Gasteiger partial charge in [0.2, 0.25) is 5.91 Å². The maximum absolute atomic E-state index is 15.4. The Kier molecular flexibility index (Phi) is 6.06. The molecule has 1 amide bonds. The Hall–Kier alpha value is -3.20. The van der Waals surface area contributed by atoms with E-state index in [4.69, 9.17) is 0 Å². The summed E-state index contributed by atoms with van der Waals surface area (Å²) in [7, 11) is 1.73. The van der Waals surface area contributed by atoms with Gasteiger partial charge in [-0.2, -0.15) is 8.78 Å². The molecule has 0 aliphatic carbocycles. The first kappa shape index (κ1) is 25.9. The highest BCUT2D eigenvalue weighted by molar-refractivity contribution is 6.10. The number of hydrogen-bond donors (Lipinski definition) is 2. The number of hydrogen-bond acceptors (Lipinski definition) is 5. The summed E-state index contributed by atoms with van der Waals surface area (Å²) < 4.78 is 45.0. The zero-order valence-electron chi connectivity index (χ0n) is 21.5. The molecule has 6 nitrogen and oxygen atoms in total. The van der Waals surface area contributed by atoms with Crippen LogP contribution in [-0.4, -0.2) is 33.6 Å². The number of nitrogens with zero attached hydrogens (tertiary/aromatic N) is 3. The smallest absolute Gasteiger partial charge is 0.303 e. The first-order valence-corrected chi connectivity index (χ1v) is 11.9. The van der Waals surface area contributed by atoms with Crippen LogP contribution in [0.3, 0.4) is 0 Å². The Morgan fingerprint density at radius 3 is 2.47 bits per heavy atom. The highest BCUT2D eigenvalue weighted by Crippen LogP contribution is 2.44. The number of rotatable bonds is 6. The third-order valence-electron chi connectivity index (χ3n) is 7.00. The summed E-state index contributed by atoms with van der Waals surface area (Å²) >= 11 is 0. The molecule has 1 aromatic heterocycles. The fourth-order valence-electron chi connectivity index (χ4n) is 4.64. The molecule has 0 fully saturated rings. The van der Waals surface area contributed by atoms with Crippen LogP contribution < -0.4 is 10.2 Å². The number of benzene rings is 2. The van der Waals surface area contributed by atoms with Gasteiger partial charge in [-0.05, 0) is 58.4 Å². The van der Waals surface area contributed by atoms with E-state index in [0.29, 0.717) is 29.0 Å². The maximum atomic E-state index is 15.4. The average molecular weight is 501 g/mol. The molecule has 1 atom stereocenters. The molecule has 0 radical (unpaired) electrons. The third kappa shape index (κ3) is 3.89. The highest BCUT2D eigenvalue weighted by atomic mass is 19.3. The standard InChI is InChI=1S/C27H31F3N4O2/c1-8-21-32-19-13-20-18(25(3,4)24(35)34(20)7)12-16(19)23(33-21)31-14(2)15-10-9-11-17(22(15)28)27(29,30)26(5,6)36/h9-14,36H,8H2,1-7H3,(H,31,32,33)/t14-/m1/s1. The Morgan fingerprint density at radius 2 is 1.86 bits per heavy atom. The lowest BCUT2D eigenvalue weighted by molar-refractivity contribution is -0.170. The number of amides is 1. The van der Waals surface area contributed by atoms with Gasteiger partial charge < -0.3 is 15.3 Å². The molecular weight excluding hydrogens is 469 g/mol. The lowest BCUT2D eigenvalue weighted by atomic mass is 9.85. The zero-order chi connectivity index (χ0) is 26.8. The Morgan fingerprint density at radius 1 is 1.19 bits per heavy atom. The second kappa shape index (κ2) is 8.44. The van der Waals surface area contributed by atoms with Crippen molar-refractivity contribution in [2.24, 2.45) is 0 Å². The minimum atomic E-state index is -3.80. The molecule has 0 saturated carbocycles. The number of aliphatic hydroxyl groups is 1. The number of aryl methyl sites for hydroxylation is 1. The average Bonchev–Trinajstić information content (AvgIpc) is 2.96. The minimum absolute atomic E-state index is 0.0117. The predicted molar refractivity (Wildman–Crippen MR) is 134 cm³/mol. The van der Waals surface area contributed by atoms with Crippen molar-refractivity contribution in [1.29, 1.82) is 0 Å². The van der Waals surface area contributed by atoms with Crippen LogP contribution in [0.4, 0.5) is 24.7 Å². The molecular formula is C27H31F3N4O2. The van der Waals surface area contributed by atoms with Crippen LogP contribution in [-0.2, 0) is 22.6 Å². The van der Waals surface area contributed by atoms with Gasteiger partial charge in [-0.15, -0.1) is 0 Å². The first-order valence-electron chi connectivity index (χ1n) is 11.9. The molecule has 2 N–H and O–H groups in total. The quantitative estimate of drug-likeness (QED) is 0.459. The molecule has 192 valence electrons. The van der Waals surface area contributed by atoms with Gasteiger partial charge in [0.15, 0.2) is 0 Å². The number of halogens is 3. The van der Waals surface area contributed by atoms with Crippen LogP contribution in [0.25, 0.3) is 10.9 Å². The van der Waals surface area contributed by atoms with Gasteiger partial charge in [0.1, 0.15) is 23.1 Å². The van der Waals surface area contributed by atoms with Crippen LogP contribution in [0.1, 0.15) is 70.1 Å².